The average molecular weight is 451 g/mol. The van der Waals surface area contributed by atoms with Gasteiger partial charge >= 0.3 is 5.97 Å². The number of methoxy groups -OCH3 is 1. The third-order valence-corrected chi connectivity index (χ3v) is 5.36. The predicted molar refractivity (Wildman–Crippen MR) is 130 cm³/mol. The third-order valence-electron chi connectivity index (χ3n) is 5.36. The van der Waals surface area contributed by atoms with Crippen molar-refractivity contribution in [1.82, 2.24) is 4.90 Å². The van der Waals surface area contributed by atoms with Gasteiger partial charge in [0.15, 0.2) is 0 Å². The van der Waals surface area contributed by atoms with Crippen LogP contribution in [-0.4, -0.2) is 57.5 Å². The van der Waals surface area contributed by atoms with E-state index in [0.29, 0.717) is 29.8 Å². The molecule has 0 saturated heterocycles. The van der Waals surface area contributed by atoms with Gasteiger partial charge in [-0.05, 0) is 56.9 Å². The van der Waals surface area contributed by atoms with Gasteiger partial charge in [-0.15, -0.1) is 0 Å². The summed E-state index contributed by atoms with van der Waals surface area (Å²) in [6.45, 7) is 2.38. The van der Waals surface area contributed by atoms with Crippen molar-refractivity contribution in [3.05, 3.63) is 59.3 Å². The summed E-state index contributed by atoms with van der Waals surface area (Å²) in [6, 6.07) is 12.6. The Morgan fingerprint density at radius 1 is 1.06 bits per heavy atom. The van der Waals surface area contributed by atoms with Crippen molar-refractivity contribution in [3.8, 4) is 0 Å². The van der Waals surface area contributed by atoms with E-state index in [1.807, 2.05) is 50.2 Å². The van der Waals surface area contributed by atoms with Crippen LogP contribution in [0.3, 0.4) is 0 Å². The second-order valence-electron chi connectivity index (χ2n) is 8.17. The van der Waals surface area contributed by atoms with Crippen molar-refractivity contribution in [2.45, 2.75) is 19.8 Å². The van der Waals surface area contributed by atoms with E-state index in [0.717, 1.165) is 29.1 Å². The number of allylic oxidation sites excluding steroid dienone is 1. The highest BCUT2D eigenvalue weighted by atomic mass is 16.5. The molecule has 2 aromatic carbocycles. The second kappa shape index (κ2) is 10.3. The summed E-state index contributed by atoms with van der Waals surface area (Å²) >= 11 is 0. The van der Waals surface area contributed by atoms with E-state index < -0.39 is 5.97 Å². The van der Waals surface area contributed by atoms with Gasteiger partial charge in [-0.1, -0.05) is 19.4 Å². The zero-order valence-corrected chi connectivity index (χ0v) is 19.7. The molecular weight excluding hydrogens is 420 g/mol. The van der Waals surface area contributed by atoms with Crippen molar-refractivity contribution in [2.24, 2.45) is 0 Å². The lowest BCUT2D eigenvalue weighted by molar-refractivity contribution is -0.119. The lowest BCUT2D eigenvalue weighted by atomic mass is 10.0. The van der Waals surface area contributed by atoms with Crippen LogP contribution in [0.1, 0.15) is 35.7 Å². The number of carbonyl (C=O) groups is 3. The van der Waals surface area contributed by atoms with Gasteiger partial charge in [-0.25, -0.2) is 4.79 Å². The molecule has 1 aliphatic rings. The summed E-state index contributed by atoms with van der Waals surface area (Å²) < 4.78 is 4.77. The third kappa shape index (κ3) is 5.40. The molecule has 8 nitrogen and oxygen atoms in total. The van der Waals surface area contributed by atoms with Gasteiger partial charge in [0.2, 0.25) is 5.91 Å². The summed E-state index contributed by atoms with van der Waals surface area (Å²) in [5.41, 5.74) is 4.67. The fourth-order valence-electron chi connectivity index (χ4n) is 3.68. The first-order valence-corrected chi connectivity index (χ1v) is 10.8. The largest absolute Gasteiger partial charge is 0.465 e. The Morgan fingerprint density at radius 3 is 2.36 bits per heavy atom. The molecule has 33 heavy (non-hydrogen) atoms. The minimum atomic E-state index is -0.453. The van der Waals surface area contributed by atoms with Crippen LogP contribution in [-0.2, 0) is 14.3 Å². The van der Waals surface area contributed by atoms with Gasteiger partial charge in [-0.3, -0.25) is 9.59 Å². The Bertz CT molecular complexity index is 1090. The minimum absolute atomic E-state index is 0.0000527. The number of amides is 2. The molecular formula is C25H30N4O4. The van der Waals surface area contributed by atoms with Gasteiger partial charge in [0.1, 0.15) is 0 Å². The highest BCUT2D eigenvalue weighted by Crippen LogP contribution is 2.36. The van der Waals surface area contributed by atoms with E-state index in [-0.39, 0.29) is 11.8 Å². The number of benzene rings is 2. The van der Waals surface area contributed by atoms with Crippen LogP contribution < -0.4 is 15.5 Å². The molecule has 1 heterocycles. The SMILES string of the molecule is CCC/C(Nc1ccc(N(C)C(=O)CN(C)C)cc1)=C1/C(=O)Nc2cc(C(=O)OC)ccc21. The summed E-state index contributed by atoms with van der Waals surface area (Å²) in [6.07, 6.45) is 1.51. The Labute approximate surface area is 194 Å². The first-order valence-electron chi connectivity index (χ1n) is 10.8. The second-order valence-corrected chi connectivity index (χ2v) is 8.17. The monoisotopic (exact) mass is 450 g/mol. The van der Waals surface area contributed by atoms with E-state index >= 15 is 0 Å². The molecule has 0 unspecified atom stereocenters. The zero-order chi connectivity index (χ0) is 24.1. The van der Waals surface area contributed by atoms with E-state index in [1.54, 1.807) is 30.1 Å². The van der Waals surface area contributed by atoms with Crippen LogP contribution in [0, 0.1) is 0 Å². The predicted octanol–water partition coefficient (Wildman–Crippen LogP) is 3.57. The van der Waals surface area contributed by atoms with Gasteiger partial charge in [0, 0.05) is 29.7 Å². The van der Waals surface area contributed by atoms with Crippen molar-refractivity contribution >= 4 is 40.4 Å². The quantitative estimate of drug-likeness (QED) is 0.472. The lowest BCUT2D eigenvalue weighted by Crippen LogP contribution is -2.34. The fraction of sp³-hybridized carbons (Fsp3) is 0.320. The molecule has 0 radical (unpaired) electrons. The highest BCUT2D eigenvalue weighted by molar-refractivity contribution is 6.32. The molecule has 2 N–H and O–H groups in total. The highest BCUT2D eigenvalue weighted by Gasteiger charge is 2.28. The lowest BCUT2D eigenvalue weighted by Gasteiger charge is -2.20. The molecule has 2 amide bonds. The Kier molecular flexibility index (Phi) is 7.50. The molecule has 0 spiro atoms. The molecule has 3 rings (SSSR count). The van der Waals surface area contributed by atoms with Gasteiger partial charge in [0.05, 0.1) is 30.5 Å². The number of fused-ring (bicyclic) bond motifs is 1. The van der Waals surface area contributed by atoms with Crippen LogP contribution in [0.4, 0.5) is 17.1 Å². The number of nitrogens with one attached hydrogen (secondary N) is 2. The van der Waals surface area contributed by atoms with E-state index in [9.17, 15) is 14.4 Å². The summed E-state index contributed by atoms with van der Waals surface area (Å²) in [5.74, 6) is -0.667. The van der Waals surface area contributed by atoms with E-state index in [1.165, 1.54) is 7.11 Å². The normalized spacial score (nSPS) is 13.9. The standard InChI is InChI=1S/C25H30N4O4/c1-6-7-20(23-19-13-8-16(25(32)33-5)14-21(19)27-24(23)31)26-17-9-11-18(12-10-17)29(4)22(30)15-28(2)3/h8-14,26H,6-7,15H2,1-5H3,(H,27,31)/b23-20-. The van der Waals surface area contributed by atoms with Crippen LogP contribution in [0.2, 0.25) is 0 Å². The molecule has 0 fully saturated rings. The number of ether oxygens (including phenoxy) is 1. The Hall–Kier alpha value is -3.65. The van der Waals surface area contributed by atoms with Crippen molar-refractivity contribution in [3.63, 3.8) is 0 Å². The topological polar surface area (TPSA) is 91.0 Å². The molecule has 2 aromatic rings. The smallest absolute Gasteiger partial charge is 0.337 e. The fourth-order valence-corrected chi connectivity index (χ4v) is 3.68. The summed E-state index contributed by atoms with van der Waals surface area (Å²) in [5, 5.41) is 6.24. The van der Waals surface area contributed by atoms with E-state index in [4.69, 9.17) is 4.74 Å². The van der Waals surface area contributed by atoms with Crippen LogP contribution >= 0.6 is 0 Å². The number of esters is 1. The van der Waals surface area contributed by atoms with Gasteiger partial charge < -0.3 is 25.2 Å². The molecule has 0 atom stereocenters. The molecule has 8 heteroatoms. The van der Waals surface area contributed by atoms with Crippen molar-refractivity contribution in [2.75, 3.05) is 50.3 Å². The Balaban J connectivity index is 1.88. The molecule has 174 valence electrons. The molecule has 0 saturated carbocycles. The maximum Gasteiger partial charge on any atom is 0.337 e. The summed E-state index contributed by atoms with van der Waals surface area (Å²) in [7, 11) is 6.79. The molecule has 0 bridgehead atoms. The first kappa shape index (κ1) is 24.0. The maximum absolute atomic E-state index is 12.8. The molecule has 1 aliphatic heterocycles. The van der Waals surface area contributed by atoms with Crippen LogP contribution in [0.5, 0.6) is 0 Å². The molecule has 0 aromatic heterocycles. The number of anilines is 3. The molecule has 0 aliphatic carbocycles. The van der Waals surface area contributed by atoms with Gasteiger partial charge in [-0.2, -0.15) is 0 Å². The maximum atomic E-state index is 12.8. The number of rotatable bonds is 8. The van der Waals surface area contributed by atoms with E-state index in [2.05, 4.69) is 10.6 Å². The van der Waals surface area contributed by atoms with Crippen LogP contribution in [0.15, 0.2) is 48.2 Å². The number of nitrogens with zero attached hydrogens (tertiary/aromatic N) is 2. The number of likely N-dealkylation sites (N-methyl/N-ethyl adjacent to an activating group) is 2. The van der Waals surface area contributed by atoms with Crippen molar-refractivity contribution < 1.29 is 19.1 Å². The summed E-state index contributed by atoms with van der Waals surface area (Å²) in [4.78, 5) is 40.4. The first-order chi connectivity index (χ1) is 15.7. The Morgan fingerprint density at radius 2 is 1.76 bits per heavy atom. The number of hydrogen-bond donors (Lipinski definition) is 2. The minimum Gasteiger partial charge on any atom is -0.465 e. The van der Waals surface area contributed by atoms with Crippen LogP contribution in [0.25, 0.3) is 5.57 Å². The van der Waals surface area contributed by atoms with Crippen molar-refractivity contribution in [1.29, 1.82) is 0 Å². The zero-order valence-electron chi connectivity index (χ0n) is 19.7. The number of hydrogen-bond acceptors (Lipinski definition) is 6. The average Bonchev–Trinajstić information content (AvgIpc) is 3.12. The number of carbonyl (C=O) groups excluding carboxylic acids is 3. The van der Waals surface area contributed by atoms with Gasteiger partial charge in [0.25, 0.3) is 5.91 Å².